The average molecular weight is 355 g/mol. The molecular formula is C20H22FN3O2. The predicted octanol–water partition coefficient (Wildman–Crippen LogP) is 3.32. The molecule has 0 fully saturated rings. The molecule has 2 aromatic carbocycles. The molecule has 1 heterocycles. The Labute approximate surface area is 151 Å². The van der Waals surface area contributed by atoms with E-state index in [2.05, 4.69) is 10.3 Å². The largest absolute Gasteiger partial charge is 0.441 e. The van der Waals surface area contributed by atoms with E-state index in [1.165, 1.54) is 12.1 Å². The van der Waals surface area contributed by atoms with Gasteiger partial charge in [0.15, 0.2) is 11.5 Å². The summed E-state index contributed by atoms with van der Waals surface area (Å²) in [7, 11) is 3.65. The molecule has 0 saturated carbocycles. The van der Waals surface area contributed by atoms with Crippen molar-refractivity contribution in [3.8, 4) is 0 Å². The number of nitrogens with zero attached hydrogens (tertiary/aromatic N) is 2. The zero-order valence-corrected chi connectivity index (χ0v) is 14.9. The van der Waals surface area contributed by atoms with Gasteiger partial charge in [0.1, 0.15) is 17.4 Å². The summed E-state index contributed by atoms with van der Waals surface area (Å²) < 4.78 is 18.8. The van der Waals surface area contributed by atoms with E-state index in [0.717, 1.165) is 23.1 Å². The molecule has 1 atom stereocenters. The molecule has 1 N–H and O–H groups in total. The minimum absolute atomic E-state index is 0.112. The zero-order chi connectivity index (χ0) is 18.5. The number of likely N-dealkylation sites (N-methyl/N-ethyl adjacent to an activating group) is 1. The summed E-state index contributed by atoms with van der Waals surface area (Å²) in [4.78, 5) is 18.8. The Morgan fingerprint density at radius 1 is 1.19 bits per heavy atom. The molecule has 0 spiro atoms. The number of benzene rings is 2. The fraction of sp³-hybridized carbons (Fsp3) is 0.300. The monoisotopic (exact) mass is 355 g/mol. The molecule has 1 unspecified atom stereocenters. The Morgan fingerprint density at radius 3 is 2.62 bits per heavy atom. The van der Waals surface area contributed by atoms with E-state index in [1.54, 1.807) is 12.1 Å². The lowest BCUT2D eigenvalue weighted by atomic mass is 10.1. The molecule has 3 rings (SSSR count). The van der Waals surface area contributed by atoms with Gasteiger partial charge in [-0.25, -0.2) is 9.37 Å². The number of amides is 1. The van der Waals surface area contributed by atoms with E-state index in [0.29, 0.717) is 18.9 Å². The first-order valence-corrected chi connectivity index (χ1v) is 8.58. The summed E-state index contributed by atoms with van der Waals surface area (Å²) >= 11 is 0. The standard InChI is InChI=1S/C20H22FN3O2/c1-24(2)19(14-9-11-15(21)12-10-14)20(25)22-13-5-8-18-23-16-6-3-4-7-17(16)26-18/h3-4,6-7,9-12,19H,5,8,13H2,1-2H3,(H,22,25). The minimum atomic E-state index is -0.458. The Kier molecular flexibility index (Phi) is 5.63. The smallest absolute Gasteiger partial charge is 0.241 e. The Bertz CT molecular complexity index is 841. The van der Waals surface area contributed by atoms with Crippen LogP contribution in [0.3, 0.4) is 0 Å². The average Bonchev–Trinajstić information content (AvgIpc) is 3.03. The number of hydrogen-bond donors (Lipinski definition) is 1. The molecule has 1 aromatic heterocycles. The topological polar surface area (TPSA) is 58.4 Å². The molecule has 26 heavy (non-hydrogen) atoms. The van der Waals surface area contributed by atoms with Gasteiger partial charge in [0.25, 0.3) is 0 Å². The van der Waals surface area contributed by atoms with Crippen LogP contribution in [0.25, 0.3) is 11.1 Å². The van der Waals surface area contributed by atoms with Gasteiger partial charge in [-0.1, -0.05) is 24.3 Å². The quantitative estimate of drug-likeness (QED) is 0.661. The second-order valence-electron chi connectivity index (χ2n) is 6.39. The number of aryl methyl sites for hydroxylation is 1. The second kappa shape index (κ2) is 8.10. The van der Waals surface area contributed by atoms with Gasteiger partial charge in [-0.15, -0.1) is 0 Å². The van der Waals surface area contributed by atoms with Crippen molar-refractivity contribution in [2.45, 2.75) is 18.9 Å². The molecule has 1 amide bonds. The van der Waals surface area contributed by atoms with Gasteiger partial charge in [-0.2, -0.15) is 0 Å². The summed E-state index contributed by atoms with van der Waals surface area (Å²) in [6.07, 6.45) is 1.38. The molecule has 0 bridgehead atoms. The SMILES string of the molecule is CN(C)C(C(=O)NCCCc1nc2ccccc2o1)c1ccc(F)cc1. The second-order valence-corrected chi connectivity index (χ2v) is 6.39. The highest BCUT2D eigenvalue weighted by Gasteiger charge is 2.22. The van der Waals surface area contributed by atoms with E-state index in [4.69, 9.17) is 4.42 Å². The number of rotatable bonds is 7. The van der Waals surface area contributed by atoms with Gasteiger partial charge in [0, 0.05) is 13.0 Å². The number of nitrogens with one attached hydrogen (secondary N) is 1. The number of aromatic nitrogens is 1. The fourth-order valence-electron chi connectivity index (χ4n) is 2.90. The summed E-state index contributed by atoms with van der Waals surface area (Å²) in [5, 5.41) is 2.94. The number of carbonyl (C=O) groups is 1. The number of oxazole rings is 1. The molecule has 0 aliphatic heterocycles. The van der Waals surface area contributed by atoms with Gasteiger partial charge < -0.3 is 9.73 Å². The van der Waals surface area contributed by atoms with Crippen LogP contribution in [0.5, 0.6) is 0 Å². The van der Waals surface area contributed by atoms with Gasteiger partial charge >= 0.3 is 0 Å². The van der Waals surface area contributed by atoms with Gasteiger partial charge in [-0.05, 0) is 50.3 Å². The van der Waals surface area contributed by atoms with Crippen molar-refractivity contribution in [3.05, 3.63) is 65.8 Å². The van der Waals surface area contributed by atoms with E-state index < -0.39 is 6.04 Å². The van der Waals surface area contributed by atoms with Crippen molar-refractivity contribution in [1.29, 1.82) is 0 Å². The van der Waals surface area contributed by atoms with Crippen molar-refractivity contribution in [2.75, 3.05) is 20.6 Å². The van der Waals surface area contributed by atoms with Crippen LogP contribution in [-0.4, -0.2) is 36.4 Å². The summed E-state index contributed by atoms with van der Waals surface area (Å²) in [6.45, 7) is 0.517. The maximum absolute atomic E-state index is 13.1. The summed E-state index contributed by atoms with van der Waals surface area (Å²) in [5.41, 5.74) is 2.37. The summed E-state index contributed by atoms with van der Waals surface area (Å²) in [5.74, 6) is 0.243. The van der Waals surface area contributed by atoms with Crippen LogP contribution in [-0.2, 0) is 11.2 Å². The van der Waals surface area contributed by atoms with Crippen LogP contribution >= 0.6 is 0 Å². The molecule has 5 nitrogen and oxygen atoms in total. The van der Waals surface area contributed by atoms with Crippen molar-refractivity contribution >= 4 is 17.0 Å². The van der Waals surface area contributed by atoms with Crippen LogP contribution in [0.15, 0.2) is 52.9 Å². The normalized spacial score (nSPS) is 12.5. The number of fused-ring (bicyclic) bond motifs is 1. The van der Waals surface area contributed by atoms with Crippen LogP contribution in [0, 0.1) is 5.82 Å². The van der Waals surface area contributed by atoms with E-state index in [1.807, 2.05) is 43.3 Å². The van der Waals surface area contributed by atoms with Gasteiger partial charge in [-0.3, -0.25) is 9.69 Å². The van der Waals surface area contributed by atoms with Crippen molar-refractivity contribution in [2.24, 2.45) is 0 Å². The van der Waals surface area contributed by atoms with E-state index in [-0.39, 0.29) is 11.7 Å². The Hall–Kier alpha value is -2.73. The Balaban J connectivity index is 1.54. The van der Waals surface area contributed by atoms with Crippen LogP contribution in [0.1, 0.15) is 23.9 Å². The first-order chi connectivity index (χ1) is 12.5. The number of para-hydroxylation sites is 2. The first-order valence-electron chi connectivity index (χ1n) is 8.58. The van der Waals surface area contributed by atoms with Crippen LogP contribution in [0.4, 0.5) is 4.39 Å². The van der Waals surface area contributed by atoms with Crippen LogP contribution < -0.4 is 5.32 Å². The molecular weight excluding hydrogens is 333 g/mol. The lowest BCUT2D eigenvalue weighted by Crippen LogP contribution is -2.37. The van der Waals surface area contributed by atoms with Crippen molar-refractivity contribution in [1.82, 2.24) is 15.2 Å². The third kappa shape index (κ3) is 4.26. The zero-order valence-electron chi connectivity index (χ0n) is 14.9. The number of hydrogen-bond acceptors (Lipinski definition) is 4. The highest BCUT2D eigenvalue weighted by molar-refractivity contribution is 5.83. The lowest BCUT2D eigenvalue weighted by molar-refractivity contribution is -0.125. The molecule has 136 valence electrons. The molecule has 0 saturated heterocycles. The highest BCUT2D eigenvalue weighted by atomic mass is 19.1. The number of carbonyl (C=O) groups excluding carboxylic acids is 1. The fourth-order valence-corrected chi connectivity index (χ4v) is 2.90. The third-order valence-electron chi connectivity index (χ3n) is 4.16. The lowest BCUT2D eigenvalue weighted by Gasteiger charge is -2.23. The Morgan fingerprint density at radius 2 is 1.92 bits per heavy atom. The molecule has 0 aliphatic rings. The summed E-state index contributed by atoms with van der Waals surface area (Å²) in [6, 6.07) is 13.2. The predicted molar refractivity (Wildman–Crippen MR) is 98.2 cm³/mol. The molecule has 3 aromatic rings. The van der Waals surface area contributed by atoms with Crippen LogP contribution in [0.2, 0.25) is 0 Å². The number of halogens is 1. The van der Waals surface area contributed by atoms with Gasteiger partial charge in [0.05, 0.1) is 0 Å². The van der Waals surface area contributed by atoms with Gasteiger partial charge in [0.2, 0.25) is 5.91 Å². The third-order valence-corrected chi connectivity index (χ3v) is 4.16. The molecule has 0 aliphatic carbocycles. The molecule has 0 radical (unpaired) electrons. The first kappa shape index (κ1) is 18.1. The maximum Gasteiger partial charge on any atom is 0.241 e. The van der Waals surface area contributed by atoms with Crippen molar-refractivity contribution < 1.29 is 13.6 Å². The minimum Gasteiger partial charge on any atom is -0.441 e. The highest BCUT2D eigenvalue weighted by Crippen LogP contribution is 2.19. The van der Waals surface area contributed by atoms with E-state index >= 15 is 0 Å². The van der Waals surface area contributed by atoms with Crippen molar-refractivity contribution in [3.63, 3.8) is 0 Å². The van der Waals surface area contributed by atoms with E-state index in [9.17, 15) is 9.18 Å². The molecule has 6 heteroatoms. The maximum atomic E-state index is 13.1.